The maximum atomic E-state index is 12.9. The minimum atomic E-state index is -4.43. The fourth-order valence-electron chi connectivity index (χ4n) is 1.25. The summed E-state index contributed by atoms with van der Waals surface area (Å²) < 4.78 is 52.4. The highest BCUT2D eigenvalue weighted by Gasteiger charge is 2.27. The number of hydrogen-bond donors (Lipinski definition) is 1. The second-order valence-corrected chi connectivity index (χ2v) is 3.51. The summed E-state index contributed by atoms with van der Waals surface area (Å²) in [5.41, 5.74) is -0.474. The number of alkyl halides is 3. The second-order valence-electron chi connectivity index (χ2n) is 3.51. The summed E-state index contributed by atoms with van der Waals surface area (Å²) in [5, 5.41) is 13.1. The summed E-state index contributed by atoms with van der Waals surface area (Å²) in [6.07, 6.45) is -4.43. The van der Waals surface area contributed by atoms with Crippen molar-refractivity contribution in [3.8, 4) is 0 Å². The van der Waals surface area contributed by atoms with Crippen LogP contribution in [0.1, 0.15) is 0 Å². The average molecular weight is 282 g/mol. The molecule has 0 atom stereocenters. The Balaban J connectivity index is 2.49. The van der Waals surface area contributed by atoms with Gasteiger partial charge < -0.3 is 10.1 Å². The first-order valence-corrected chi connectivity index (χ1v) is 5.12. The Bertz CT molecular complexity index is 451. The van der Waals surface area contributed by atoms with Crippen LogP contribution in [0.2, 0.25) is 0 Å². The van der Waals surface area contributed by atoms with E-state index in [0.717, 1.165) is 18.2 Å². The van der Waals surface area contributed by atoms with E-state index in [1.165, 1.54) is 0 Å². The molecule has 0 radical (unpaired) electrons. The van der Waals surface area contributed by atoms with Crippen LogP contribution in [0, 0.1) is 15.9 Å². The molecule has 0 spiro atoms. The van der Waals surface area contributed by atoms with Gasteiger partial charge in [-0.05, 0) is 6.07 Å². The van der Waals surface area contributed by atoms with Crippen molar-refractivity contribution in [1.29, 1.82) is 0 Å². The van der Waals surface area contributed by atoms with Crippen LogP contribution < -0.4 is 5.32 Å². The molecule has 0 bridgehead atoms. The fourth-order valence-corrected chi connectivity index (χ4v) is 1.25. The Morgan fingerprint density at radius 2 is 2.05 bits per heavy atom. The van der Waals surface area contributed by atoms with Gasteiger partial charge in [0.15, 0.2) is 0 Å². The predicted octanol–water partition coefficient (Wildman–Crippen LogP) is 2.72. The zero-order valence-corrected chi connectivity index (χ0v) is 9.54. The quantitative estimate of drug-likeness (QED) is 0.377. The molecule has 1 rings (SSSR count). The van der Waals surface area contributed by atoms with Gasteiger partial charge in [-0.15, -0.1) is 0 Å². The van der Waals surface area contributed by atoms with E-state index in [1.807, 2.05) is 0 Å². The van der Waals surface area contributed by atoms with Crippen molar-refractivity contribution in [1.82, 2.24) is 0 Å². The van der Waals surface area contributed by atoms with Gasteiger partial charge in [0.05, 0.1) is 11.5 Å². The molecule has 1 aromatic rings. The van der Waals surface area contributed by atoms with Crippen LogP contribution in [0.15, 0.2) is 18.2 Å². The number of nitrogens with zero attached hydrogens (tertiary/aromatic N) is 1. The summed E-state index contributed by atoms with van der Waals surface area (Å²) in [6.45, 7) is -1.83. The lowest BCUT2D eigenvalue weighted by molar-refractivity contribution is -0.384. The van der Waals surface area contributed by atoms with Gasteiger partial charge in [0.1, 0.15) is 18.1 Å². The van der Waals surface area contributed by atoms with Crippen LogP contribution in [0.25, 0.3) is 0 Å². The van der Waals surface area contributed by atoms with E-state index in [0.29, 0.717) is 0 Å². The molecule has 0 aliphatic rings. The zero-order chi connectivity index (χ0) is 14.5. The minimum absolute atomic E-state index is 0.111. The summed E-state index contributed by atoms with van der Waals surface area (Å²) in [6, 6.07) is 2.78. The van der Waals surface area contributed by atoms with Gasteiger partial charge in [-0.25, -0.2) is 4.39 Å². The highest BCUT2D eigenvalue weighted by Crippen LogP contribution is 2.24. The van der Waals surface area contributed by atoms with Crippen molar-refractivity contribution >= 4 is 11.4 Å². The van der Waals surface area contributed by atoms with Crippen LogP contribution in [-0.4, -0.2) is 30.9 Å². The molecule has 0 amide bonds. The molecule has 19 heavy (non-hydrogen) atoms. The normalized spacial score (nSPS) is 11.4. The van der Waals surface area contributed by atoms with Crippen molar-refractivity contribution in [2.45, 2.75) is 6.18 Å². The summed E-state index contributed by atoms with van der Waals surface area (Å²) in [5.74, 6) is -0.690. The number of nitro benzene ring substituents is 1. The first-order chi connectivity index (χ1) is 8.79. The van der Waals surface area contributed by atoms with Crippen molar-refractivity contribution in [2.24, 2.45) is 0 Å². The smallest absolute Gasteiger partial charge is 0.377 e. The Hall–Kier alpha value is -1.90. The number of nitrogens with one attached hydrogen (secondary N) is 1. The van der Waals surface area contributed by atoms with E-state index < -0.39 is 23.5 Å². The molecule has 5 nitrogen and oxygen atoms in total. The van der Waals surface area contributed by atoms with Crippen molar-refractivity contribution in [2.75, 3.05) is 25.1 Å². The number of ether oxygens (including phenoxy) is 1. The average Bonchev–Trinajstić information content (AvgIpc) is 2.26. The van der Waals surface area contributed by atoms with Crippen LogP contribution in [0.5, 0.6) is 0 Å². The molecule has 0 fully saturated rings. The highest BCUT2D eigenvalue weighted by molar-refractivity contribution is 5.61. The summed E-state index contributed by atoms with van der Waals surface area (Å²) >= 11 is 0. The van der Waals surface area contributed by atoms with E-state index in [2.05, 4.69) is 10.1 Å². The molecule has 0 aliphatic heterocycles. The third-order valence-corrected chi connectivity index (χ3v) is 1.98. The number of rotatable bonds is 6. The van der Waals surface area contributed by atoms with Gasteiger partial charge in [-0.3, -0.25) is 10.1 Å². The van der Waals surface area contributed by atoms with E-state index in [1.54, 1.807) is 0 Å². The Kier molecular flexibility index (Phi) is 5.04. The van der Waals surface area contributed by atoms with Gasteiger partial charge in [0.25, 0.3) is 5.69 Å². The van der Waals surface area contributed by atoms with Crippen molar-refractivity contribution in [3.05, 3.63) is 34.1 Å². The van der Waals surface area contributed by atoms with Crippen LogP contribution in [0.3, 0.4) is 0 Å². The summed E-state index contributed by atoms with van der Waals surface area (Å²) in [4.78, 5) is 9.89. The van der Waals surface area contributed by atoms with Crippen molar-refractivity contribution < 1.29 is 27.2 Å². The third kappa shape index (κ3) is 5.51. The van der Waals surface area contributed by atoms with Gasteiger partial charge in [0.2, 0.25) is 0 Å². The molecule has 1 N–H and O–H groups in total. The largest absolute Gasteiger partial charge is 0.411 e. The van der Waals surface area contributed by atoms with Gasteiger partial charge in [-0.1, -0.05) is 0 Å². The number of hydrogen-bond acceptors (Lipinski definition) is 4. The topological polar surface area (TPSA) is 64.4 Å². The van der Waals surface area contributed by atoms with Crippen LogP contribution in [-0.2, 0) is 4.74 Å². The molecular weight excluding hydrogens is 272 g/mol. The molecule has 0 heterocycles. The van der Waals surface area contributed by atoms with E-state index >= 15 is 0 Å². The Morgan fingerprint density at radius 3 is 2.63 bits per heavy atom. The molecular formula is C10H10F4N2O3. The maximum Gasteiger partial charge on any atom is 0.411 e. The maximum absolute atomic E-state index is 12.9. The van der Waals surface area contributed by atoms with Gasteiger partial charge in [-0.2, -0.15) is 13.2 Å². The lowest BCUT2D eigenvalue weighted by atomic mass is 10.2. The van der Waals surface area contributed by atoms with Crippen LogP contribution >= 0.6 is 0 Å². The third-order valence-electron chi connectivity index (χ3n) is 1.98. The summed E-state index contributed by atoms with van der Waals surface area (Å²) in [7, 11) is 0. The standard InChI is InChI=1S/C10H10F4N2O3/c11-7-1-2-9(16(17)18)8(5-7)15-3-4-19-6-10(12,13)14/h1-2,5,15H,3-4,6H2. The molecule has 0 aliphatic carbocycles. The van der Waals surface area contributed by atoms with E-state index in [4.69, 9.17) is 0 Å². The first-order valence-electron chi connectivity index (χ1n) is 5.12. The first kappa shape index (κ1) is 15.2. The molecule has 0 unspecified atom stereocenters. The number of nitro groups is 1. The molecule has 106 valence electrons. The monoisotopic (exact) mass is 282 g/mol. The number of halogens is 4. The molecule has 0 aromatic heterocycles. The lowest BCUT2D eigenvalue weighted by Gasteiger charge is -2.09. The number of anilines is 1. The SMILES string of the molecule is O=[N+]([O-])c1ccc(F)cc1NCCOCC(F)(F)F. The second kappa shape index (κ2) is 6.32. The number of benzene rings is 1. The van der Waals surface area contributed by atoms with E-state index in [9.17, 15) is 27.7 Å². The predicted molar refractivity (Wildman–Crippen MR) is 58.4 cm³/mol. The lowest BCUT2D eigenvalue weighted by Crippen LogP contribution is -2.20. The van der Waals surface area contributed by atoms with Crippen molar-refractivity contribution in [3.63, 3.8) is 0 Å². The van der Waals surface area contributed by atoms with E-state index in [-0.39, 0.29) is 24.5 Å². The fraction of sp³-hybridized carbons (Fsp3) is 0.400. The van der Waals surface area contributed by atoms with Crippen LogP contribution in [0.4, 0.5) is 28.9 Å². The highest BCUT2D eigenvalue weighted by atomic mass is 19.4. The molecule has 0 saturated heterocycles. The molecule has 0 saturated carbocycles. The van der Waals surface area contributed by atoms with Gasteiger partial charge in [0, 0.05) is 18.7 Å². The zero-order valence-electron chi connectivity index (χ0n) is 9.54. The van der Waals surface area contributed by atoms with Gasteiger partial charge >= 0.3 is 6.18 Å². The molecule has 1 aromatic carbocycles. The molecule has 9 heteroatoms. The minimum Gasteiger partial charge on any atom is -0.377 e. The Labute approximate surface area is 105 Å². The Morgan fingerprint density at radius 1 is 1.37 bits per heavy atom.